The number of amides is 1. The van der Waals surface area contributed by atoms with Gasteiger partial charge in [0.1, 0.15) is 11.5 Å². The molecule has 1 aliphatic carbocycles. The van der Waals surface area contributed by atoms with Gasteiger partial charge in [-0.25, -0.2) is 0 Å². The van der Waals surface area contributed by atoms with E-state index in [1.807, 2.05) is 26.0 Å². The predicted octanol–water partition coefficient (Wildman–Crippen LogP) is 3.33. The van der Waals surface area contributed by atoms with Crippen LogP contribution in [0.2, 0.25) is 0 Å². The van der Waals surface area contributed by atoms with Crippen molar-refractivity contribution in [3.05, 3.63) is 29.7 Å². The summed E-state index contributed by atoms with van der Waals surface area (Å²) in [6.45, 7) is 6.26. The zero-order valence-corrected chi connectivity index (χ0v) is 11.3. The maximum absolute atomic E-state index is 11.6. The Labute approximate surface area is 108 Å². The van der Waals surface area contributed by atoms with Gasteiger partial charge in [-0.1, -0.05) is 13.8 Å². The van der Waals surface area contributed by atoms with E-state index in [0.29, 0.717) is 5.92 Å². The van der Waals surface area contributed by atoms with Crippen molar-refractivity contribution in [2.24, 2.45) is 5.92 Å². The van der Waals surface area contributed by atoms with E-state index in [1.54, 1.807) is 6.08 Å². The van der Waals surface area contributed by atoms with E-state index >= 15 is 0 Å². The first-order chi connectivity index (χ1) is 8.60. The third-order valence-corrected chi connectivity index (χ3v) is 3.52. The van der Waals surface area contributed by atoms with Crippen molar-refractivity contribution in [2.45, 2.75) is 45.6 Å². The number of hydrogen-bond donors (Lipinski definition) is 1. The lowest BCUT2D eigenvalue weighted by atomic mass is 10.2. The molecule has 0 aliphatic heterocycles. The van der Waals surface area contributed by atoms with Crippen molar-refractivity contribution >= 4 is 12.0 Å². The van der Waals surface area contributed by atoms with Crippen LogP contribution in [0.25, 0.3) is 6.08 Å². The Bertz CT molecular complexity index is 447. The molecule has 1 aromatic heterocycles. The fourth-order valence-corrected chi connectivity index (χ4v) is 1.93. The first-order valence-electron chi connectivity index (χ1n) is 6.68. The largest absolute Gasteiger partial charge is 0.461 e. The Hall–Kier alpha value is -1.51. The van der Waals surface area contributed by atoms with Gasteiger partial charge in [-0.05, 0) is 43.9 Å². The molecule has 0 bridgehead atoms. The van der Waals surface area contributed by atoms with Gasteiger partial charge < -0.3 is 9.73 Å². The Morgan fingerprint density at radius 2 is 2.33 bits per heavy atom. The van der Waals surface area contributed by atoms with E-state index < -0.39 is 0 Å². The summed E-state index contributed by atoms with van der Waals surface area (Å²) < 4.78 is 5.69. The van der Waals surface area contributed by atoms with Crippen LogP contribution >= 0.6 is 0 Å². The van der Waals surface area contributed by atoms with Gasteiger partial charge in [0.2, 0.25) is 5.91 Å². The normalized spacial score (nSPS) is 24.2. The van der Waals surface area contributed by atoms with Gasteiger partial charge in [0, 0.05) is 18.0 Å². The monoisotopic (exact) mass is 247 g/mol. The SMILES string of the molecule is CC[C@H](C)NC(=O)/C=C/c1ccc([C@@H]2C[C@H]2C)o1. The number of rotatable bonds is 5. The van der Waals surface area contributed by atoms with Crippen LogP contribution in [0.1, 0.15) is 51.1 Å². The van der Waals surface area contributed by atoms with Crippen LogP contribution in [0.4, 0.5) is 0 Å². The van der Waals surface area contributed by atoms with Gasteiger partial charge in [-0.3, -0.25) is 4.79 Å². The van der Waals surface area contributed by atoms with Gasteiger partial charge in [0.05, 0.1) is 0 Å². The number of nitrogens with one attached hydrogen (secondary N) is 1. The van der Waals surface area contributed by atoms with Crippen LogP contribution in [-0.4, -0.2) is 11.9 Å². The minimum absolute atomic E-state index is 0.0675. The van der Waals surface area contributed by atoms with Crippen molar-refractivity contribution in [3.8, 4) is 0 Å². The fraction of sp³-hybridized carbons (Fsp3) is 0.533. The lowest BCUT2D eigenvalue weighted by molar-refractivity contribution is -0.117. The summed E-state index contributed by atoms with van der Waals surface area (Å²) in [4.78, 5) is 11.6. The lowest BCUT2D eigenvalue weighted by Crippen LogP contribution is -2.30. The average Bonchev–Trinajstić information content (AvgIpc) is 2.90. The highest BCUT2D eigenvalue weighted by Crippen LogP contribution is 2.47. The molecule has 18 heavy (non-hydrogen) atoms. The summed E-state index contributed by atoms with van der Waals surface area (Å²) in [5, 5.41) is 2.88. The molecule has 1 fully saturated rings. The van der Waals surface area contributed by atoms with Crippen LogP contribution in [0, 0.1) is 5.92 Å². The molecule has 3 nitrogen and oxygen atoms in total. The third-order valence-electron chi connectivity index (χ3n) is 3.52. The van der Waals surface area contributed by atoms with E-state index in [4.69, 9.17) is 4.42 Å². The summed E-state index contributed by atoms with van der Waals surface area (Å²) in [5.41, 5.74) is 0. The van der Waals surface area contributed by atoms with E-state index in [0.717, 1.165) is 23.9 Å². The first-order valence-corrected chi connectivity index (χ1v) is 6.68. The molecule has 1 aromatic rings. The summed E-state index contributed by atoms with van der Waals surface area (Å²) >= 11 is 0. The van der Waals surface area contributed by atoms with Gasteiger partial charge in [-0.15, -0.1) is 0 Å². The Kier molecular flexibility index (Phi) is 3.90. The predicted molar refractivity (Wildman–Crippen MR) is 72.2 cm³/mol. The fourth-order valence-electron chi connectivity index (χ4n) is 1.93. The summed E-state index contributed by atoms with van der Waals surface area (Å²) in [5.74, 6) is 3.05. The molecule has 1 amide bonds. The number of carbonyl (C=O) groups is 1. The van der Waals surface area contributed by atoms with Crippen molar-refractivity contribution in [1.82, 2.24) is 5.32 Å². The molecule has 1 aliphatic rings. The van der Waals surface area contributed by atoms with Crippen LogP contribution < -0.4 is 5.32 Å². The Morgan fingerprint density at radius 3 is 2.94 bits per heavy atom. The molecule has 0 spiro atoms. The molecule has 0 radical (unpaired) electrons. The van der Waals surface area contributed by atoms with Crippen LogP contribution in [-0.2, 0) is 4.79 Å². The van der Waals surface area contributed by atoms with E-state index in [9.17, 15) is 4.79 Å². The minimum Gasteiger partial charge on any atom is -0.461 e. The molecule has 0 saturated heterocycles. The molecule has 2 rings (SSSR count). The molecule has 1 heterocycles. The van der Waals surface area contributed by atoms with Gasteiger partial charge in [0.15, 0.2) is 0 Å². The summed E-state index contributed by atoms with van der Waals surface area (Å²) in [7, 11) is 0. The third kappa shape index (κ3) is 3.25. The molecule has 1 N–H and O–H groups in total. The minimum atomic E-state index is -0.0675. The van der Waals surface area contributed by atoms with Crippen molar-refractivity contribution in [2.75, 3.05) is 0 Å². The molecule has 0 aromatic carbocycles. The van der Waals surface area contributed by atoms with Crippen LogP contribution in [0.5, 0.6) is 0 Å². The van der Waals surface area contributed by atoms with Crippen molar-refractivity contribution in [1.29, 1.82) is 0 Å². The van der Waals surface area contributed by atoms with E-state index in [-0.39, 0.29) is 11.9 Å². The van der Waals surface area contributed by atoms with Crippen molar-refractivity contribution < 1.29 is 9.21 Å². The lowest BCUT2D eigenvalue weighted by Gasteiger charge is -2.08. The zero-order valence-electron chi connectivity index (χ0n) is 11.3. The Balaban J connectivity index is 1.88. The number of carbonyl (C=O) groups excluding carboxylic acids is 1. The highest BCUT2D eigenvalue weighted by atomic mass is 16.3. The highest BCUT2D eigenvalue weighted by molar-refractivity contribution is 5.91. The van der Waals surface area contributed by atoms with Gasteiger partial charge >= 0.3 is 0 Å². The standard InChI is InChI=1S/C15H21NO2/c1-4-11(3)16-15(17)8-6-12-5-7-14(18-12)13-9-10(13)2/h5-8,10-11,13H,4,9H2,1-3H3,(H,16,17)/b8-6+/t10-,11+,13-/m1/s1. The maximum atomic E-state index is 11.6. The quantitative estimate of drug-likeness (QED) is 0.811. The molecule has 3 heteroatoms. The van der Waals surface area contributed by atoms with Crippen molar-refractivity contribution in [3.63, 3.8) is 0 Å². The summed E-state index contributed by atoms with van der Waals surface area (Å²) in [6, 6.07) is 4.15. The Morgan fingerprint density at radius 1 is 1.61 bits per heavy atom. The van der Waals surface area contributed by atoms with E-state index in [2.05, 4.69) is 12.2 Å². The molecule has 3 atom stereocenters. The maximum Gasteiger partial charge on any atom is 0.244 e. The highest BCUT2D eigenvalue weighted by Gasteiger charge is 2.36. The second-order valence-corrected chi connectivity index (χ2v) is 5.21. The second kappa shape index (κ2) is 5.42. The average molecular weight is 247 g/mol. The molecular formula is C15H21NO2. The smallest absolute Gasteiger partial charge is 0.244 e. The molecule has 98 valence electrons. The van der Waals surface area contributed by atoms with Gasteiger partial charge in [-0.2, -0.15) is 0 Å². The molecule has 1 saturated carbocycles. The second-order valence-electron chi connectivity index (χ2n) is 5.21. The van der Waals surface area contributed by atoms with Crippen LogP contribution in [0.15, 0.2) is 22.6 Å². The number of hydrogen-bond acceptors (Lipinski definition) is 2. The topological polar surface area (TPSA) is 42.2 Å². The zero-order chi connectivity index (χ0) is 13.1. The first kappa shape index (κ1) is 12.9. The summed E-state index contributed by atoms with van der Waals surface area (Å²) in [6.07, 6.45) is 5.41. The number of furan rings is 1. The van der Waals surface area contributed by atoms with Crippen LogP contribution in [0.3, 0.4) is 0 Å². The van der Waals surface area contributed by atoms with Gasteiger partial charge in [0.25, 0.3) is 0 Å². The molecular weight excluding hydrogens is 226 g/mol. The molecule has 0 unspecified atom stereocenters. The van der Waals surface area contributed by atoms with E-state index in [1.165, 1.54) is 12.5 Å².